The number of halogens is 2. The molecular formula is C9H9BrINO2. The zero-order valence-corrected chi connectivity index (χ0v) is 11.3. The molecule has 0 heterocycles. The fraction of sp³-hybridized carbons (Fsp3) is 0.222. The molecule has 0 aliphatic carbocycles. The molecule has 0 fully saturated rings. The van der Waals surface area contributed by atoms with Crippen molar-refractivity contribution in [3.8, 4) is 0 Å². The highest BCUT2D eigenvalue weighted by Crippen LogP contribution is 2.27. The number of esters is 1. The Kier molecular flexibility index (Phi) is 4.18. The summed E-state index contributed by atoms with van der Waals surface area (Å²) in [7, 11) is 0. The highest BCUT2D eigenvalue weighted by Gasteiger charge is 2.16. The van der Waals surface area contributed by atoms with Crippen LogP contribution in [0.3, 0.4) is 0 Å². The number of carbonyl (C=O) groups excluding carboxylic acids is 1. The van der Waals surface area contributed by atoms with Crippen LogP contribution < -0.4 is 5.73 Å². The Hall–Kier alpha value is -0.300. The van der Waals surface area contributed by atoms with Crippen LogP contribution >= 0.6 is 38.5 Å². The predicted octanol–water partition coefficient (Wildman–Crippen LogP) is 2.81. The van der Waals surface area contributed by atoms with Crippen LogP contribution in [0, 0.1) is 3.57 Å². The van der Waals surface area contributed by atoms with E-state index in [4.69, 9.17) is 10.5 Å². The summed E-state index contributed by atoms with van der Waals surface area (Å²) in [5, 5.41) is 0. The van der Waals surface area contributed by atoms with Crippen LogP contribution in [-0.2, 0) is 4.74 Å². The Morgan fingerprint density at radius 2 is 2.29 bits per heavy atom. The van der Waals surface area contributed by atoms with Crippen molar-refractivity contribution in [1.82, 2.24) is 0 Å². The topological polar surface area (TPSA) is 52.3 Å². The number of ether oxygens (including phenoxy) is 1. The lowest BCUT2D eigenvalue weighted by Gasteiger charge is -2.08. The van der Waals surface area contributed by atoms with Crippen LogP contribution in [-0.4, -0.2) is 12.6 Å². The van der Waals surface area contributed by atoms with Crippen LogP contribution in [0.4, 0.5) is 5.69 Å². The van der Waals surface area contributed by atoms with Crippen LogP contribution in [0.1, 0.15) is 17.3 Å². The molecule has 3 nitrogen and oxygen atoms in total. The van der Waals surface area contributed by atoms with Crippen molar-refractivity contribution in [2.24, 2.45) is 0 Å². The van der Waals surface area contributed by atoms with Crippen LogP contribution in [0.2, 0.25) is 0 Å². The number of nitrogen functional groups attached to an aromatic ring is 1. The fourth-order valence-corrected chi connectivity index (χ4v) is 2.02. The minimum Gasteiger partial charge on any atom is -0.462 e. The molecule has 5 heteroatoms. The molecule has 0 aliphatic rings. The first kappa shape index (κ1) is 11.8. The van der Waals surface area contributed by atoms with Gasteiger partial charge in [0.1, 0.15) is 0 Å². The van der Waals surface area contributed by atoms with E-state index in [2.05, 4.69) is 38.5 Å². The number of nitrogens with two attached hydrogens (primary N) is 1. The van der Waals surface area contributed by atoms with Gasteiger partial charge in [-0.2, -0.15) is 0 Å². The lowest BCUT2D eigenvalue weighted by molar-refractivity contribution is 0.0526. The third-order valence-electron chi connectivity index (χ3n) is 1.61. The van der Waals surface area contributed by atoms with Gasteiger partial charge in [-0.05, 0) is 57.6 Å². The molecule has 0 saturated carbocycles. The molecule has 0 radical (unpaired) electrons. The van der Waals surface area contributed by atoms with Crippen molar-refractivity contribution in [1.29, 1.82) is 0 Å². The first-order valence-corrected chi connectivity index (χ1v) is 5.85. The third-order valence-corrected chi connectivity index (χ3v) is 4.13. The summed E-state index contributed by atoms with van der Waals surface area (Å²) in [5.74, 6) is -0.379. The van der Waals surface area contributed by atoms with Gasteiger partial charge in [0.2, 0.25) is 0 Å². The van der Waals surface area contributed by atoms with Crippen molar-refractivity contribution < 1.29 is 9.53 Å². The van der Waals surface area contributed by atoms with Gasteiger partial charge in [0.15, 0.2) is 0 Å². The average molecular weight is 370 g/mol. The summed E-state index contributed by atoms with van der Waals surface area (Å²) in [4.78, 5) is 11.5. The smallest absolute Gasteiger partial charge is 0.341 e. The first-order chi connectivity index (χ1) is 6.57. The van der Waals surface area contributed by atoms with Gasteiger partial charge in [-0.25, -0.2) is 4.79 Å². The standard InChI is InChI=1S/C9H9BrINO2/c1-2-14-9(13)7-6(12)4-3-5(10)8(7)11/h3-4H,2,12H2,1H3. The van der Waals surface area contributed by atoms with Gasteiger partial charge >= 0.3 is 5.97 Å². The number of carbonyl (C=O) groups is 1. The molecule has 1 rings (SSSR count). The molecular weight excluding hydrogens is 361 g/mol. The highest BCUT2D eigenvalue weighted by atomic mass is 127. The van der Waals surface area contributed by atoms with E-state index in [-0.39, 0.29) is 5.97 Å². The maximum absolute atomic E-state index is 11.5. The van der Waals surface area contributed by atoms with Gasteiger partial charge in [-0.1, -0.05) is 0 Å². The molecule has 0 spiro atoms. The van der Waals surface area contributed by atoms with E-state index < -0.39 is 0 Å². The van der Waals surface area contributed by atoms with Crippen molar-refractivity contribution in [3.63, 3.8) is 0 Å². The fourth-order valence-electron chi connectivity index (χ4n) is 0.976. The summed E-state index contributed by atoms with van der Waals surface area (Å²) < 4.78 is 6.52. The summed E-state index contributed by atoms with van der Waals surface area (Å²) >= 11 is 5.39. The second-order valence-electron chi connectivity index (χ2n) is 2.55. The Bertz CT molecular complexity index is 368. The molecule has 0 aromatic heterocycles. The van der Waals surface area contributed by atoms with Gasteiger partial charge in [0.25, 0.3) is 0 Å². The Morgan fingerprint density at radius 1 is 1.64 bits per heavy atom. The van der Waals surface area contributed by atoms with Crippen LogP contribution in [0.25, 0.3) is 0 Å². The summed E-state index contributed by atoms with van der Waals surface area (Å²) in [6.45, 7) is 2.11. The zero-order chi connectivity index (χ0) is 10.7. The van der Waals surface area contributed by atoms with Crippen molar-refractivity contribution >= 4 is 50.2 Å². The van der Waals surface area contributed by atoms with E-state index in [1.165, 1.54) is 0 Å². The summed E-state index contributed by atoms with van der Waals surface area (Å²) in [5.41, 5.74) is 6.57. The number of benzene rings is 1. The number of anilines is 1. The normalized spacial score (nSPS) is 9.93. The lowest BCUT2D eigenvalue weighted by Crippen LogP contribution is -2.10. The maximum Gasteiger partial charge on any atom is 0.341 e. The van der Waals surface area contributed by atoms with Crippen molar-refractivity contribution in [3.05, 3.63) is 25.7 Å². The minimum atomic E-state index is -0.379. The van der Waals surface area contributed by atoms with Gasteiger partial charge in [0, 0.05) is 13.7 Å². The Balaban J connectivity index is 3.18. The zero-order valence-electron chi connectivity index (χ0n) is 7.51. The first-order valence-electron chi connectivity index (χ1n) is 3.98. The monoisotopic (exact) mass is 369 g/mol. The van der Waals surface area contributed by atoms with E-state index in [1.807, 2.05) is 0 Å². The lowest BCUT2D eigenvalue weighted by atomic mass is 10.2. The molecule has 14 heavy (non-hydrogen) atoms. The summed E-state index contributed by atoms with van der Waals surface area (Å²) in [6, 6.07) is 3.48. The molecule has 0 bridgehead atoms. The van der Waals surface area contributed by atoms with Crippen molar-refractivity contribution in [2.45, 2.75) is 6.92 Å². The van der Waals surface area contributed by atoms with E-state index >= 15 is 0 Å². The Morgan fingerprint density at radius 3 is 2.86 bits per heavy atom. The molecule has 0 aliphatic heterocycles. The largest absolute Gasteiger partial charge is 0.462 e. The molecule has 76 valence electrons. The van der Waals surface area contributed by atoms with Crippen LogP contribution in [0.15, 0.2) is 16.6 Å². The second-order valence-corrected chi connectivity index (χ2v) is 4.48. The van der Waals surface area contributed by atoms with Gasteiger partial charge in [-0.15, -0.1) is 0 Å². The molecule has 2 N–H and O–H groups in total. The van der Waals surface area contributed by atoms with E-state index in [0.717, 1.165) is 8.04 Å². The van der Waals surface area contributed by atoms with Crippen LogP contribution in [0.5, 0.6) is 0 Å². The quantitative estimate of drug-likeness (QED) is 0.495. The maximum atomic E-state index is 11.5. The summed E-state index contributed by atoms with van der Waals surface area (Å²) in [6.07, 6.45) is 0. The Labute approximate surface area is 104 Å². The molecule has 0 unspecified atom stereocenters. The molecule has 0 atom stereocenters. The highest BCUT2D eigenvalue weighted by molar-refractivity contribution is 14.1. The van der Waals surface area contributed by atoms with E-state index in [0.29, 0.717) is 17.9 Å². The third kappa shape index (κ3) is 2.38. The predicted molar refractivity (Wildman–Crippen MR) is 67.2 cm³/mol. The minimum absolute atomic E-state index is 0.348. The SMILES string of the molecule is CCOC(=O)c1c(N)ccc(Br)c1I. The van der Waals surface area contributed by atoms with E-state index in [1.54, 1.807) is 19.1 Å². The molecule has 0 saturated heterocycles. The number of hydrogen-bond donors (Lipinski definition) is 1. The number of rotatable bonds is 2. The van der Waals surface area contributed by atoms with Gasteiger partial charge in [-0.3, -0.25) is 0 Å². The second kappa shape index (κ2) is 4.97. The van der Waals surface area contributed by atoms with E-state index in [9.17, 15) is 4.79 Å². The molecule has 1 aromatic carbocycles. The van der Waals surface area contributed by atoms with Crippen molar-refractivity contribution in [2.75, 3.05) is 12.3 Å². The van der Waals surface area contributed by atoms with Gasteiger partial charge < -0.3 is 10.5 Å². The average Bonchev–Trinajstić information content (AvgIpc) is 2.13. The van der Waals surface area contributed by atoms with Gasteiger partial charge in [0.05, 0.1) is 12.2 Å². The number of hydrogen-bond acceptors (Lipinski definition) is 3. The molecule has 1 aromatic rings. The molecule has 0 amide bonds.